The SMILES string of the molecule is Cc1cccc(NC(=S)Nc2ccc(CC(=O)N3CCOCC3)cc2)c1. The average molecular weight is 369 g/mol. The molecule has 1 amide bonds. The highest BCUT2D eigenvalue weighted by molar-refractivity contribution is 7.80. The summed E-state index contributed by atoms with van der Waals surface area (Å²) in [4.78, 5) is 14.1. The number of benzene rings is 2. The van der Waals surface area contributed by atoms with E-state index in [9.17, 15) is 4.79 Å². The van der Waals surface area contributed by atoms with Crippen molar-refractivity contribution >= 4 is 34.6 Å². The Morgan fingerprint density at radius 1 is 1.08 bits per heavy atom. The molecule has 0 atom stereocenters. The van der Waals surface area contributed by atoms with Crippen molar-refractivity contribution in [1.29, 1.82) is 0 Å². The summed E-state index contributed by atoms with van der Waals surface area (Å²) in [6.07, 6.45) is 0.409. The van der Waals surface area contributed by atoms with Gasteiger partial charge in [0.1, 0.15) is 0 Å². The van der Waals surface area contributed by atoms with Crippen molar-refractivity contribution < 1.29 is 9.53 Å². The summed E-state index contributed by atoms with van der Waals surface area (Å²) in [5, 5.41) is 6.87. The lowest BCUT2D eigenvalue weighted by atomic mass is 10.1. The second-order valence-electron chi connectivity index (χ2n) is 6.32. The first-order valence-electron chi connectivity index (χ1n) is 8.69. The summed E-state index contributed by atoms with van der Waals surface area (Å²) in [7, 11) is 0. The van der Waals surface area contributed by atoms with Gasteiger partial charge >= 0.3 is 0 Å². The van der Waals surface area contributed by atoms with E-state index in [-0.39, 0.29) is 5.91 Å². The van der Waals surface area contributed by atoms with Crippen molar-refractivity contribution in [2.24, 2.45) is 0 Å². The molecule has 0 saturated carbocycles. The van der Waals surface area contributed by atoms with Gasteiger partial charge in [-0.1, -0.05) is 24.3 Å². The van der Waals surface area contributed by atoms with Crippen LogP contribution in [0.2, 0.25) is 0 Å². The van der Waals surface area contributed by atoms with Crippen LogP contribution < -0.4 is 10.6 Å². The Kier molecular flexibility index (Phi) is 6.20. The fraction of sp³-hybridized carbons (Fsp3) is 0.300. The third kappa shape index (κ3) is 5.28. The first kappa shape index (κ1) is 18.4. The molecule has 2 aromatic rings. The highest BCUT2D eigenvalue weighted by Crippen LogP contribution is 2.14. The molecule has 1 saturated heterocycles. The molecule has 5 nitrogen and oxygen atoms in total. The number of thiocarbonyl (C=S) groups is 1. The number of hydrogen-bond acceptors (Lipinski definition) is 3. The molecule has 0 aliphatic carbocycles. The molecule has 0 aromatic heterocycles. The highest BCUT2D eigenvalue weighted by Gasteiger charge is 2.16. The van der Waals surface area contributed by atoms with Crippen molar-refractivity contribution in [3.8, 4) is 0 Å². The Morgan fingerprint density at radius 3 is 2.46 bits per heavy atom. The summed E-state index contributed by atoms with van der Waals surface area (Å²) < 4.78 is 5.28. The van der Waals surface area contributed by atoms with Crippen LogP contribution in [0.1, 0.15) is 11.1 Å². The summed E-state index contributed by atoms with van der Waals surface area (Å²) in [6, 6.07) is 15.8. The minimum Gasteiger partial charge on any atom is -0.378 e. The number of aryl methyl sites for hydroxylation is 1. The fourth-order valence-corrected chi connectivity index (χ4v) is 3.06. The largest absolute Gasteiger partial charge is 0.378 e. The number of amides is 1. The molecule has 1 aliphatic heterocycles. The molecular weight excluding hydrogens is 346 g/mol. The summed E-state index contributed by atoms with van der Waals surface area (Å²) in [5.74, 6) is 0.144. The normalized spacial score (nSPS) is 14.0. The summed E-state index contributed by atoms with van der Waals surface area (Å²) in [5.41, 5.74) is 4.00. The molecule has 2 aromatic carbocycles. The number of morpholine rings is 1. The zero-order valence-electron chi connectivity index (χ0n) is 14.8. The van der Waals surface area contributed by atoms with Gasteiger partial charge in [0.05, 0.1) is 19.6 Å². The third-order valence-electron chi connectivity index (χ3n) is 4.21. The molecule has 0 unspecified atom stereocenters. The smallest absolute Gasteiger partial charge is 0.227 e. The minimum atomic E-state index is 0.144. The van der Waals surface area contributed by atoms with Crippen LogP contribution >= 0.6 is 12.2 Å². The predicted octanol–water partition coefficient (Wildman–Crippen LogP) is 3.21. The highest BCUT2D eigenvalue weighted by atomic mass is 32.1. The van der Waals surface area contributed by atoms with Gasteiger partial charge in [-0.15, -0.1) is 0 Å². The second kappa shape index (κ2) is 8.78. The van der Waals surface area contributed by atoms with Gasteiger partial charge in [-0.3, -0.25) is 4.79 Å². The molecule has 1 fully saturated rings. The summed E-state index contributed by atoms with van der Waals surface area (Å²) in [6.45, 7) is 4.65. The number of carbonyl (C=O) groups excluding carboxylic acids is 1. The van der Waals surface area contributed by atoms with Crippen LogP contribution in [0, 0.1) is 6.92 Å². The molecule has 136 valence electrons. The van der Waals surface area contributed by atoms with Gasteiger partial charge in [-0.05, 0) is 54.5 Å². The lowest BCUT2D eigenvalue weighted by Gasteiger charge is -2.26. The van der Waals surface area contributed by atoms with E-state index in [1.165, 1.54) is 5.56 Å². The van der Waals surface area contributed by atoms with Crippen molar-refractivity contribution in [3.05, 3.63) is 59.7 Å². The van der Waals surface area contributed by atoms with E-state index < -0.39 is 0 Å². The second-order valence-corrected chi connectivity index (χ2v) is 6.72. The maximum absolute atomic E-state index is 12.3. The number of rotatable bonds is 4. The quantitative estimate of drug-likeness (QED) is 0.811. The van der Waals surface area contributed by atoms with E-state index in [0.717, 1.165) is 16.9 Å². The number of ether oxygens (including phenoxy) is 1. The first-order chi connectivity index (χ1) is 12.6. The van der Waals surface area contributed by atoms with E-state index in [0.29, 0.717) is 37.8 Å². The van der Waals surface area contributed by atoms with E-state index >= 15 is 0 Å². The van der Waals surface area contributed by atoms with Crippen molar-refractivity contribution in [3.63, 3.8) is 0 Å². The first-order valence-corrected chi connectivity index (χ1v) is 9.10. The van der Waals surface area contributed by atoms with Gasteiger partial charge in [-0.2, -0.15) is 0 Å². The van der Waals surface area contributed by atoms with Crippen molar-refractivity contribution in [1.82, 2.24) is 4.90 Å². The van der Waals surface area contributed by atoms with Gasteiger partial charge in [0, 0.05) is 24.5 Å². The number of nitrogens with one attached hydrogen (secondary N) is 2. The number of carbonyl (C=O) groups is 1. The lowest BCUT2D eigenvalue weighted by Crippen LogP contribution is -2.41. The van der Waals surface area contributed by atoms with Gasteiger partial charge in [-0.25, -0.2) is 0 Å². The average Bonchev–Trinajstić information content (AvgIpc) is 2.64. The molecule has 1 heterocycles. The Morgan fingerprint density at radius 2 is 1.77 bits per heavy atom. The van der Waals surface area contributed by atoms with Crippen molar-refractivity contribution in [2.75, 3.05) is 36.9 Å². The Labute approximate surface area is 159 Å². The van der Waals surface area contributed by atoms with Crippen LogP contribution in [0.3, 0.4) is 0 Å². The standard InChI is InChI=1S/C20H23N3O2S/c1-15-3-2-4-18(13-15)22-20(26)21-17-7-5-16(6-8-17)14-19(24)23-9-11-25-12-10-23/h2-8,13H,9-12,14H2,1H3,(H2,21,22,26). The molecule has 1 aliphatic rings. The Bertz CT molecular complexity index is 771. The van der Waals surface area contributed by atoms with Crippen molar-refractivity contribution in [2.45, 2.75) is 13.3 Å². The van der Waals surface area contributed by atoms with Crippen LogP contribution in [-0.4, -0.2) is 42.2 Å². The van der Waals surface area contributed by atoms with E-state index in [2.05, 4.69) is 10.6 Å². The zero-order chi connectivity index (χ0) is 18.4. The molecule has 2 N–H and O–H groups in total. The minimum absolute atomic E-state index is 0.144. The van der Waals surface area contributed by atoms with Crippen LogP contribution in [-0.2, 0) is 16.0 Å². The zero-order valence-corrected chi connectivity index (χ0v) is 15.6. The molecule has 0 spiro atoms. The molecule has 0 radical (unpaired) electrons. The molecule has 26 heavy (non-hydrogen) atoms. The summed E-state index contributed by atoms with van der Waals surface area (Å²) >= 11 is 5.35. The molecule has 0 bridgehead atoms. The lowest BCUT2D eigenvalue weighted by molar-refractivity contribution is -0.134. The van der Waals surface area contributed by atoms with Crippen LogP contribution in [0.25, 0.3) is 0 Å². The Balaban J connectivity index is 1.52. The van der Waals surface area contributed by atoms with Gasteiger partial charge in [0.25, 0.3) is 0 Å². The number of hydrogen-bond donors (Lipinski definition) is 2. The van der Waals surface area contributed by atoms with E-state index in [4.69, 9.17) is 17.0 Å². The predicted molar refractivity (Wildman–Crippen MR) is 109 cm³/mol. The maximum atomic E-state index is 12.3. The van der Waals surface area contributed by atoms with Gasteiger partial charge < -0.3 is 20.3 Å². The number of anilines is 2. The van der Waals surface area contributed by atoms with E-state index in [1.54, 1.807) is 0 Å². The van der Waals surface area contributed by atoms with Gasteiger partial charge in [0.15, 0.2) is 5.11 Å². The van der Waals surface area contributed by atoms with Gasteiger partial charge in [0.2, 0.25) is 5.91 Å². The molecule has 3 rings (SSSR count). The topological polar surface area (TPSA) is 53.6 Å². The van der Waals surface area contributed by atoms with E-state index in [1.807, 2.05) is 60.4 Å². The van der Waals surface area contributed by atoms with Crippen LogP contribution in [0.4, 0.5) is 11.4 Å². The third-order valence-corrected chi connectivity index (χ3v) is 4.41. The van der Waals surface area contributed by atoms with Crippen LogP contribution in [0.5, 0.6) is 0 Å². The monoisotopic (exact) mass is 369 g/mol. The molecule has 6 heteroatoms. The Hall–Kier alpha value is -2.44. The number of nitrogens with zero attached hydrogens (tertiary/aromatic N) is 1. The molecular formula is C20H23N3O2S. The van der Waals surface area contributed by atoms with Crippen LogP contribution in [0.15, 0.2) is 48.5 Å². The fourth-order valence-electron chi connectivity index (χ4n) is 2.82. The maximum Gasteiger partial charge on any atom is 0.227 e.